The van der Waals surface area contributed by atoms with Gasteiger partial charge >= 0.3 is 6.18 Å². The largest absolute Gasteiger partial charge is 0.417 e. The van der Waals surface area contributed by atoms with E-state index in [2.05, 4.69) is 26.6 Å². The van der Waals surface area contributed by atoms with Crippen LogP contribution >= 0.6 is 11.6 Å². The molecule has 508 valence electrons. The molecule has 1 saturated carbocycles. The monoisotopic (exact) mass is 1310 g/mol. The number of allylic oxidation sites excluding steroid dienone is 1. The third kappa shape index (κ3) is 20.2. The fourth-order valence-corrected chi connectivity index (χ4v) is 11.8. The average Bonchev–Trinajstić information content (AvgIpc) is 0.870. The van der Waals surface area contributed by atoms with Gasteiger partial charge in [-0.15, -0.1) is 0 Å². The third-order valence-corrected chi connectivity index (χ3v) is 18.1. The number of rotatable bonds is 9. The lowest BCUT2D eigenvalue weighted by atomic mass is 9.95. The number of alkyl halides is 3. The molecule has 0 spiro atoms. The van der Waals surface area contributed by atoms with Crippen molar-refractivity contribution in [3.05, 3.63) is 81.0 Å². The van der Waals surface area contributed by atoms with Gasteiger partial charge in [-0.2, -0.15) is 13.2 Å². The molecule has 2 aliphatic heterocycles. The number of carbonyl (C=O) groups is 11. The number of aryl methyl sites for hydroxylation is 2. The summed E-state index contributed by atoms with van der Waals surface area (Å²) in [6, 6.07) is 1.29. The molecule has 2 aromatic carbocycles. The Balaban J connectivity index is 1.48. The number of benzene rings is 2. The first-order valence-corrected chi connectivity index (χ1v) is 32.3. The van der Waals surface area contributed by atoms with Gasteiger partial charge in [-0.3, -0.25) is 52.7 Å². The molecule has 92 heavy (non-hydrogen) atoms. The second-order valence-electron chi connectivity index (χ2n) is 25.5. The Kier molecular flexibility index (Phi) is 27.6. The molecule has 0 radical (unpaired) electrons. The highest BCUT2D eigenvalue weighted by molar-refractivity contribution is 6.31. The summed E-state index contributed by atoms with van der Waals surface area (Å²) >= 11 is 6.03. The molecular weight excluding hydrogens is 1220 g/mol. The normalized spacial score (nSPS) is 25.3. The van der Waals surface area contributed by atoms with Crippen molar-refractivity contribution < 1.29 is 65.9 Å². The van der Waals surface area contributed by atoms with Crippen molar-refractivity contribution >= 4 is 76.6 Å². The quantitative estimate of drug-likeness (QED) is 0.197. The molecule has 22 nitrogen and oxygen atoms in total. The summed E-state index contributed by atoms with van der Waals surface area (Å²) in [5.74, 6) is -7.30. The molecule has 0 bridgehead atoms. The van der Waals surface area contributed by atoms with Crippen LogP contribution in [0.1, 0.15) is 148 Å². The van der Waals surface area contributed by atoms with E-state index in [0.29, 0.717) is 36.8 Å². The number of fused-ring (bicyclic) bond motifs is 1. The number of hydrogen-bond acceptors (Lipinski definition) is 11. The first kappa shape index (κ1) is 75.2. The van der Waals surface area contributed by atoms with Crippen LogP contribution < -0.4 is 26.6 Å². The van der Waals surface area contributed by atoms with Crippen LogP contribution in [0.2, 0.25) is 5.02 Å². The van der Waals surface area contributed by atoms with Gasteiger partial charge in [0.25, 0.3) is 5.91 Å². The lowest BCUT2D eigenvalue weighted by Gasteiger charge is -2.45. The van der Waals surface area contributed by atoms with Crippen molar-refractivity contribution in [2.45, 2.75) is 200 Å². The van der Waals surface area contributed by atoms with Crippen molar-refractivity contribution in [2.24, 2.45) is 11.8 Å². The highest BCUT2D eigenvalue weighted by Crippen LogP contribution is 2.35. The Hall–Kier alpha value is -7.57. The average molecular weight is 1310 g/mol. The van der Waals surface area contributed by atoms with E-state index in [9.17, 15) is 65.9 Å². The Labute approximate surface area is 543 Å². The van der Waals surface area contributed by atoms with Gasteiger partial charge in [-0.1, -0.05) is 81.6 Å². The maximum absolute atomic E-state index is 14.7. The lowest BCUT2D eigenvalue weighted by Crippen LogP contribution is -2.65. The van der Waals surface area contributed by atoms with Gasteiger partial charge in [-0.05, 0) is 133 Å². The zero-order valence-corrected chi connectivity index (χ0v) is 56.3. The molecule has 9 atom stereocenters. The summed E-state index contributed by atoms with van der Waals surface area (Å²) in [5, 5.41) is 13.2. The van der Waals surface area contributed by atoms with Crippen LogP contribution in [0.15, 0.2) is 53.7 Å². The molecule has 1 aliphatic carbocycles. The van der Waals surface area contributed by atoms with Crippen molar-refractivity contribution in [3.8, 4) is 0 Å². The molecule has 0 unspecified atom stereocenters. The predicted octanol–water partition coefficient (Wildman–Crippen LogP) is 5.45. The number of nitrogens with zero attached hydrogens (tertiary/aromatic N) is 6. The number of hydrogen-bond donors (Lipinski definition) is 5. The molecule has 2 saturated heterocycles. The molecule has 3 aliphatic rings. The Morgan fingerprint density at radius 1 is 0.674 bits per heavy atom. The maximum atomic E-state index is 14.7. The van der Waals surface area contributed by atoms with Crippen LogP contribution in [0.3, 0.4) is 0 Å². The second kappa shape index (κ2) is 33.8. The highest BCUT2D eigenvalue weighted by Gasteiger charge is 2.46. The zero-order chi connectivity index (χ0) is 68.6. The predicted molar refractivity (Wildman–Crippen MR) is 340 cm³/mol. The molecule has 2 heterocycles. The van der Waals surface area contributed by atoms with E-state index < -0.39 is 137 Å². The Morgan fingerprint density at radius 2 is 1.30 bits per heavy atom. The molecule has 5 N–H and O–H groups in total. The summed E-state index contributed by atoms with van der Waals surface area (Å²) in [7, 11) is 7.17. The number of carbonyl (C=O) groups excluding carboxylic acids is 11. The topological polar surface area (TPSA) is 267 Å². The minimum absolute atomic E-state index is 0.00854. The van der Waals surface area contributed by atoms with Crippen molar-refractivity contribution in [3.63, 3.8) is 0 Å². The molecule has 3 fully saturated rings. The van der Waals surface area contributed by atoms with E-state index in [1.54, 1.807) is 26.0 Å². The van der Waals surface area contributed by atoms with E-state index in [-0.39, 0.29) is 82.0 Å². The maximum Gasteiger partial charge on any atom is 0.417 e. The second-order valence-corrected chi connectivity index (χ2v) is 25.9. The number of halogens is 4. The van der Waals surface area contributed by atoms with Crippen LogP contribution in [0.4, 0.5) is 13.2 Å². The number of likely N-dealkylation sites (N-methyl/N-ethyl adjacent to an activating group) is 5. The van der Waals surface area contributed by atoms with Crippen LogP contribution in [-0.2, 0) is 71.8 Å². The van der Waals surface area contributed by atoms with Crippen LogP contribution in [0.25, 0.3) is 0 Å². The first-order chi connectivity index (χ1) is 43.2. The van der Waals surface area contributed by atoms with E-state index in [1.165, 1.54) is 79.7 Å². The Morgan fingerprint density at radius 3 is 1.89 bits per heavy atom. The smallest absolute Gasteiger partial charge is 0.354 e. The van der Waals surface area contributed by atoms with Crippen LogP contribution in [0.5, 0.6) is 0 Å². The lowest BCUT2D eigenvalue weighted by molar-refractivity contribution is -0.160. The van der Waals surface area contributed by atoms with E-state index >= 15 is 0 Å². The molecular formula is C66H95ClF3N11O11. The number of amides is 11. The summed E-state index contributed by atoms with van der Waals surface area (Å²) in [5.41, 5.74) is 1.77. The van der Waals surface area contributed by atoms with Gasteiger partial charge in [0.2, 0.25) is 59.1 Å². The van der Waals surface area contributed by atoms with Gasteiger partial charge in [0.05, 0.1) is 17.1 Å². The molecule has 0 aromatic heterocycles. The molecule has 26 heteroatoms. The number of nitrogens with one attached hydrogen (secondary N) is 5. The van der Waals surface area contributed by atoms with Crippen molar-refractivity contribution in [2.75, 3.05) is 54.9 Å². The van der Waals surface area contributed by atoms with Crippen LogP contribution in [0, 0.1) is 18.8 Å². The van der Waals surface area contributed by atoms with Crippen LogP contribution in [-0.4, -0.2) is 198 Å². The van der Waals surface area contributed by atoms with Gasteiger partial charge in [0, 0.05) is 73.6 Å². The van der Waals surface area contributed by atoms with E-state index in [1.807, 2.05) is 39.8 Å². The SMILES string of the molecule is CC[C@H](C)[C@@H]1NC(=O)[C@H](CC(C)C)N(C)C(=O)C[C@@H](C)NC(=O)C(=C2CCCC2)N(C)C(=O)CCCCNC(=O)[C@H](C)NC(=O)[C@H](CCc2ccc(C(F)(F)F)c(Cl)c2)NC(=O)CN(C)C(=O)[C@H](Cc2ccc(C)cc2)N(C)C(=O)[C@@H]2CCN2C(=O)[C@H](C)N(C)C1=O. The minimum Gasteiger partial charge on any atom is -0.354 e. The fourth-order valence-electron chi connectivity index (χ4n) is 11.5. The highest BCUT2D eigenvalue weighted by atomic mass is 35.5. The molecule has 11 amide bonds. The standard InChI is InChI=1S/C66H95ClF3N11O11/c1-14-40(5)56-65(92)77(10)43(8)62(89)81-32-30-50(81)64(91)79(12)52(36-45-24-22-39(4)23-25-45)63(90)76(9)37-53(82)74-49(29-27-44-26-28-47(48(67)35-44)66(68,69)70)59(86)73-42(7)58(85)71-31-18-17-21-54(83)80(13)57(46-19-15-16-20-46)61(88)72-41(6)34-55(84)78(11)51(33-38(2)3)60(87)75-56/h22-26,28,35,38,40-43,49-52,56H,14-21,27,29-34,36-37H2,1-13H3,(H,71,85)(H,72,88)(H,73,86)(H,74,82)(H,75,87)/t40-,41+,42-,43-,49-,50-,51-,52-,56-/m0/s1. The summed E-state index contributed by atoms with van der Waals surface area (Å²) in [6.07, 6.45) is -1.02. The summed E-state index contributed by atoms with van der Waals surface area (Å²) < 4.78 is 40.9. The summed E-state index contributed by atoms with van der Waals surface area (Å²) in [6.45, 7) is 13.4. The van der Waals surface area contributed by atoms with E-state index in [4.69, 9.17) is 11.6 Å². The Bertz CT molecular complexity index is 3050. The molecule has 5 rings (SSSR count). The van der Waals surface area contributed by atoms with Crippen molar-refractivity contribution in [1.29, 1.82) is 0 Å². The zero-order valence-electron chi connectivity index (χ0n) is 55.5. The van der Waals surface area contributed by atoms with Gasteiger partial charge in [0.1, 0.15) is 48.0 Å². The van der Waals surface area contributed by atoms with Gasteiger partial charge in [-0.25, -0.2) is 0 Å². The van der Waals surface area contributed by atoms with Gasteiger partial charge in [0.15, 0.2) is 0 Å². The van der Waals surface area contributed by atoms with Gasteiger partial charge < -0.3 is 56.0 Å². The van der Waals surface area contributed by atoms with Crippen molar-refractivity contribution in [1.82, 2.24) is 56.0 Å². The molecule has 2 aromatic rings. The van der Waals surface area contributed by atoms with E-state index in [0.717, 1.165) is 41.0 Å². The fraction of sp³-hybridized carbons (Fsp3) is 0.621. The third-order valence-electron chi connectivity index (χ3n) is 17.8. The minimum atomic E-state index is -4.74. The summed E-state index contributed by atoms with van der Waals surface area (Å²) in [4.78, 5) is 164. The first-order valence-electron chi connectivity index (χ1n) is 31.9.